The Bertz CT molecular complexity index is 514. The number of hydrogen-bond acceptors (Lipinski definition) is 5. The monoisotopic (exact) mass is 318 g/mol. The lowest BCUT2D eigenvalue weighted by Crippen LogP contribution is -2.40. The summed E-state index contributed by atoms with van der Waals surface area (Å²) >= 11 is 0. The second-order valence-electron chi connectivity index (χ2n) is 6.48. The van der Waals surface area contributed by atoms with E-state index in [1.165, 1.54) is 0 Å². The van der Waals surface area contributed by atoms with Crippen LogP contribution in [-0.4, -0.2) is 48.1 Å². The number of amides is 1. The first-order valence-corrected chi connectivity index (χ1v) is 8.57. The third-order valence-corrected chi connectivity index (χ3v) is 4.71. The van der Waals surface area contributed by atoms with Crippen molar-refractivity contribution in [3.8, 4) is 0 Å². The van der Waals surface area contributed by atoms with Crippen molar-refractivity contribution in [3.05, 3.63) is 18.3 Å². The molecular formula is C17H26N4O2. The van der Waals surface area contributed by atoms with Crippen molar-refractivity contribution in [3.63, 3.8) is 0 Å². The van der Waals surface area contributed by atoms with Gasteiger partial charge < -0.3 is 20.7 Å². The minimum Gasteiger partial charge on any atom is -0.384 e. The van der Waals surface area contributed by atoms with Crippen LogP contribution in [0.25, 0.3) is 0 Å². The van der Waals surface area contributed by atoms with E-state index in [4.69, 9.17) is 10.5 Å². The Morgan fingerprint density at radius 2 is 2.17 bits per heavy atom. The SMILES string of the molecule is Nc1ccc(N[C@@H]2CCCN(C(=O)[C@H]3CCCOC3)CC2)cn1. The number of hydrogen-bond donors (Lipinski definition) is 2. The highest BCUT2D eigenvalue weighted by atomic mass is 16.5. The number of nitrogen functional groups attached to an aromatic ring is 1. The molecule has 0 saturated carbocycles. The summed E-state index contributed by atoms with van der Waals surface area (Å²) in [4.78, 5) is 18.7. The van der Waals surface area contributed by atoms with E-state index in [1.807, 2.05) is 11.0 Å². The summed E-state index contributed by atoms with van der Waals surface area (Å²) in [7, 11) is 0. The third kappa shape index (κ3) is 4.34. The number of nitrogens with zero attached hydrogens (tertiary/aromatic N) is 2. The summed E-state index contributed by atoms with van der Waals surface area (Å²) in [6.45, 7) is 3.06. The zero-order valence-corrected chi connectivity index (χ0v) is 13.5. The average Bonchev–Trinajstić information content (AvgIpc) is 2.83. The third-order valence-electron chi connectivity index (χ3n) is 4.71. The minimum atomic E-state index is 0.0644. The van der Waals surface area contributed by atoms with Crippen LogP contribution in [0.2, 0.25) is 0 Å². The molecule has 0 radical (unpaired) electrons. The first-order chi connectivity index (χ1) is 11.2. The maximum Gasteiger partial charge on any atom is 0.228 e. The number of anilines is 2. The number of carbonyl (C=O) groups excluding carboxylic acids is 1. The minimum absolute atomic E-state index is 0.0644. The summed E-state index contributed by atoms with van der Waals surface area (Å²) in [5.41, 5.74) is 6.60. The van der Waals surface area contributed by atoms with E-state index in [1.54, 1.807) is 12.3 Å². The van der Waals surface area contributed by atoms with Crippen molar-refractivity contribution in [1.82, 2.24) is 9.88 Å². The smallest absolute Gasteiger partial charge is 0.228 e. The number of nitrogens with two attached hydrogens (primary N) is 1. The maximum atomic E-state index is 12.6. The Balaban J connectivity index is 1.52. The van der Waals surface area contributed by atoms with Crippen molar-refractivity contribution >= 4 is 17.4 Å². The summed E-state index contributed by atoms with van der Waals surface area (Å²) < 4.78 is 5.46. The highest BCUT2D eigenvalue weighted by Gasteiger charge is 2.28. The van der Waals surface area contributed by atoms with Gasteiger partial charge in [0.25, 0.3) is 0 Å². The number of nitrogens with one attached hydrogen (secondary N) is 1. The van der Waals surface area contributed by atoms with E-state index in [2.05, 4.69) is 10.3 Å². The number of aromatic nitrogens is 1. The fraction of sp³-hybridized carbons (Fsp3) is 0.647. The molecular weight excluding hydrogens is 292 g/mol. The summed E-state index contributed by atoms with van der Waals surface area (Å²) in [6.07, 6.45) is 6.79. The van der Waals surface area contributed by atoms with Gasteiger partial charge in [0, 0.05) is 25.7 Å². The van der Waals surface area contributed by atoms with Gasteiger partial charge in [-0.1, -0.05) is 0 Å². The number of likely N-dealkylation sites (tertiary alicyclic amines) is 1. The van der Waals surface area contributed by atoms with Crippen LogP contribution < -0.4 is 11.1 Å². The Morgan fingerprint density at radius 3 is 2.91 bits per heavy atom. The van der Waals surface area contributed by atoms with Gasteiger partial charge in [-0.3, -0.25) is 4.79 Å². The molecule has 3 N–H and O–H groups in total. The molecule has 2 fully saturated rings. The van der Waals surface area contributed by atoms with Crippen LogP contribution in [0.3, 0.4) is 0 Å². The topological polar surface area (TPSA) is 80.5 Å². The first-order valence-electron chi connectivity index (χ1n) is 8.57. The second kappa shape index (κ2) is 7.64. The molecule has 2 aliphatic heterocycles. The van der Waals surface area contributed by atoms with Crippen LogP contribution in [0.1, 0.15) is 32.1 Å². The van der Waals surface area contributed by atoms with Gasteiger partial charge in [0.1, 0.15) is 5.82 Å². The van der Waals surface area contributed by atoms with Gasteiger partial charge >= 0.3 is 0 Å². The highest BCUT2D eigenvalue weighted by Crippen LogP contribution is 2.21. The Labute approximate surface area is 137 Å². The molecule has 3 heterocycles. The van der Waals surface area contributed by atoms with Crippen molar-refractivity contribution in [1.29, 1.82) is 0 Å². The average molecular weight is 318 g/mol. The van der Waals surface area contributed by atoms with E-state index in [0.717, 1.165) is 57.5 Å². The van der Waals surface area contributed by atoms with Crippen LogP contribution >= 0.6 is 0 Å². The fourth-order valence-electron chi connectivity index (χ4n) is 3.38. The lowest BCUT2D eigenvalue weighted by molar-refractivity contribution is -0.139. The second-order valence-corrected chi connectivity index (χ2v) is 6.48. The molecule has 1 amide bonds. The predicted molar refractivity (Wildman–Crippen MR) is 90.0 cm³/mol. The normalized spacial score (nSPS) is 25.7. The van der Waals surface area contributed by atoms with Gasteiger partial charge in [0.05, 0.1) is 24.4 Å². The van der Waals surface area contributed by atoms with Gasteiger partial charge in [-0.25, -0.2) is 4.98 Å². The molecule has 0 aliphatic carbocycles. The molecule has 3 rings (SSSR count). The van der Waals surface area contributed by atoms with Gasteiger partial charge in [0.15, 0.2) is 0 Å². The van der Waals surface area contributed by atoms with Crippen LogP contribution in [0.5, 0.6) is 0 Å². The molecule has 23 heavy (non-hydrogen) atoms. The number of pyridine rings is 1. The number of rotatable bonds is 3. The van der Waals surface area contributed by atoms with Gasteiger partial charge in [-0.2, -0.15) is 0 Å². The molecule has 1 aromatic rings. The molecule has 126 valence electrons. The number of ether oxygens (including phenoxy) is 1. The molecule has 0 unspecified atom stereocenters. The van der Waals surface area contributed by atoms with E-state index >= 15 is 0 Å². The van der Waals surface area contributed by atoms with Crippen molar-refractivity contribution in [2.75, 3.05) is 37.4 Å². The largest absolute Gasteiger partial charge is 0.384 e. The van der Waals surface area contributed by atoms with E-state index < -0.39 is 0 Å². The van der Waals surface area contributed by atoms with Gasteiger partial charge in [-0.05, 0) is 44.2 Å². The standard InChI is InChI=1S/C17H26N4O2/c18-16-6-5-15(11-19-16)20-14-4-1-8-21(9-7-14)17(22)13-3-2-10-23-12-13/h5-6,11,13-14,20H,1-4,7-10,12H2,(H2,18,19)/t13-,14+/m0/s1. The van der Waals surface area contributed by atoms with Crippen molar-refractivity contribution in [2.24, 2.45) is 5.92 Å². The van der Waals surface area contributed by atoms with Crippen LogP contribution in [0, 0.1) is 5.92 Å². The molecule has 0 bridgehead atoms. The fourth-order valence-corrected chi connectivity index (χ4v) is 3.38. The summed E-state index contributed by atoms with van der Waals surface area (Å²) in [6, 6.07) is 4.13. The van der Waals surface area contributed by atoms with Crippen LogP contribution in [-0.2, 0) is 9.53 Å². The lowest BCUT2D eigenvalue weighted by atomic mass is 10.0. The Morgan fingerprint density at radius 1 is 1.26 bits per heavy atom. The molecule has 6 nitrogen and oxygen atoms in total. The lowest BCUT2D eigenvalue weighted by Gasteiger charge is -2.28. The summed E-state index contributed by atoms with van der Waals surface area (Å²) in [5.74, 6) is 0.872. The Kier molecular flexibility index (Phi) is 5.33. The van der Waals surface area contributed by atoms with Crippen LogP contribution in [0.4, 0.5) is 11.5 Å². The molecule has 1 aromatic heterocycles. The number of carbonyl (C=O) groups is 1. The predicted octanol–water partition coefficient (Wildman–Crippen LogP) is 1.88. The Hall–Kier alpha value is -1.82. The molecule has 0 spiro atoms. The van der Waals surface area contributed by atoms with E-state index in [9.17, 15) is 4.79 Å². The first kappa shape index (κ1) is 16.1. The highest BCUT2D eigenvalue weighted by molar-refractivity contribution is 5.79. The van der Waals surface area contributed by atoms with E-state index in [0.29, 0.717) is 18.5 Å². The van der Waals surface area contributed by atoms with Crippen molar-refractivity contribution < 1.29 is 9.53 Å². The van der Waals surface area contributed by atoms with Crippen molar-refractivity contribution in [2.45, 2.75) is 38.1 Å². The molecule has 2 aliphatic rings. The van der Waals surface area contributed by atoms with Crippen LogP contribution in [0.15, 0.2) is 18.3 Å². The molecule has 2 saturated heterocycles. The van der Waals surface area contributed by atoms with E-state index in [-0.39, 0.29) is 11.8 Å². The maximum absolute atomic E-state index is 12.6. The molecule has 6 heteroatoms. The van der Waals surface area contributed by atoms with Gasteiger partial charge in [0.2, 0.25) is 5.91 Å². The molecule has 0 aromatic carbocycles. The van der Waals surface area contributed by atoms with Gasteiger partial charge in [-0.15, -0.1) is 0 Å². The quantitative estimate of drug-likeness (QED) is 0.889. The zero-order valence-electron chi connectivity index (χ0n) is 13.5. The zero-order chi connectivity index (χ0) is 16.1. The molecule has 2 atom stereocenters. The summed E-state index contributed by atoms with van der Waals surface area (Å²) in [5, 5.41) is 3.51.